The Hall–Kier alpha value is -0.860. The maximum Gasteiger partial charge on any atom is 0.243 e. The molecule has 0 aromatic carbocycles. The first kappa shape index (κ1) is 8.14. The molecule has 0 aliphatic heterocycles. The second-order valence-corrected chi connectivity index (χ2v) is 1.48. The maximum atomic E-state index is 11.4. The van der Waals surface area contributed by atoms with Crippen LogP contribution in [0.1, 0.15) is 6.92 Å². The number of halogens is 1. The fourth-order valence-corrected chi connectivity index (χ4v) is 0.381. The van der Waals surface area contributed by atoms with E-state index in [1.54, 1.807) is 13.0 Å². The Labute approximate surface area is 53.8 Å². The van der Waals surface area contributed by atoms with Crippen LogP contribution in [0.15, 0.2) is 12.2 Å². The molecule has 0 saturated carbocycles. The van der Waals surface area contributed by atoms with E-state index < -0.39 is 6.67 Å². The molecule has 0 rings (SSSR count). The van der Waals surface area contributed by atoms with Crippen molar-refractivity contribution in [2.45, 2.75) is 6.92 Å². The molecule has 2 nitrogen and oxygen atoms in total. The van der Waals surface area contributed by atoms with Crippen LogP contribution in [0.3, 0.4) is 0 Å². The van der Waals surface area contributed by atoms with Gasteiger partial charge in [-0.25, -0.2) is 4.39 Å². The van der Waals surface area contributed by atoms with Crippen LogP contribution in [-0.2, 0) is 4.79 Å². The van der Waals surface area contributed by atoms with Gasteiger partial charge in [-0.05, 0) is 13.0 Å². The first-order valence-electron chi connectivity index (χ1n) is 2.77. The van der Waals surface area contributed by atoms with Crippen molar-refractivity contribution < 1.29 is 9.18 Å². The summed E-state index contributed by atoms with van der Waals surface area (Å²) in [5.41, 5.74) is 0. The van der Waals surface area contributed by atoms with E-state index in [1.807, 2.05) is 0 Å². The highest BCUT2D eigenvalue weighted by molar-refractivity contribution is 5.87. The second-order valence-electron chi connectivity index (χ2n) is 1.48. The fraction of sp³-hybridized carbons (Fsp3) is 0.500. The average molecular weight is 131 g/mol. The van der Waals surface area contributed by atoms with Crippen LogP contribution < -0.4 is 5.32 Å². The van der Waals surface area contributed by atoms with Gasteiger partial charge in [0.1, 0.15) is 6.67 Å². The molecule has 0 radical (unpaired) electrons. The topological polar surface area (TPSA) is 29.1 Å². The monoisotopic (exact) mass is 131 g/mol. The van der Waals surface area contributed by atoms with Gasteiger partial charge in [0.15, 0.2) is 0 Å². The largest absolute Gasteiger partial charge is 0.350 e. The summed E-state index contributed by atoms with van der Waals surface area (Å²) in [5.74, 6) is -0.241. The summed E-state index contributed by atoms with van der Waals surface area (Å²) < 4.78 is 11.4. The zero-order chi connectivity index (χ0) is 7.11. The van der Waals surface area contributed by atoms with Crippen molar-refractivity contribution in [2.24, 2.45) is 0 Å². The van der Waals surface area contributed by atoms with Crippen LogP contribution in [0.25, 0.3) is 0 Å². The zero-order valence-corrected chi connectivity index (χ0v) is 5.36. The molecule has 9 heavy (non-hydrogen) atoms. The quantitative estimate of drug-likeness (QED) is 0.560. The van der Waals surface area contributed by atoms with Crippen LogP contribution >= 0.6 is 0 Å². The summed E-state index contributed by atoms with van der Waals surface area (Å²) in [5, 5.41) is 2.33. The number of nitrogens with one attached hydrogen (secondary N) is 1. The lowest BCUT2D eigenvalue weighted by Gasteiger charge is -1.93. The highest BCUT2D eigenvalue weighted by atomic mass is 19.1. The third-order valence-corrected chi connectivity index (χ3v) is 0.712. The lowest BCUT2D eigenvalue weighted by atomic mass is 10.5. The van der Waals surface area contributed by atoms with Gasteiger partial charge in [0, 0.05) is 6.54 Å². The molecule has 0 spiro atoms. The van der Waals surface area contributed by atoms with Crippen molar-refractivity contribution in [3.8, 4) is 0 Å². The minimum absolute atomic E-state index is 0.100. The predicted molar refractivity (Wildman–Crippen MR) is 33.8 cm³/mol. The van der Waals surface area contributed by atoms with Crippen molar-refractivity contribution >= 4 is 5.91 Å². The van der Waals surface area contributed by atoms with Gasteiger partial charge < -0.3 is 5.32 Å². The molecule has 0 atom stereocenters. The van der Waals surface area contributed by atoms with Crippen LogP contribution in [0.5, 0.6) is 0 Å². The number of amides is 1. The van der Waals surface area contributed by atoms with E-state index in [0.717, 1.165) is 0 Å². The second kappa shape index (κ2) is 5.28. The van der Waals surface area contributed by atoms with Crippen LogP contribution in [0, 0.1) is 0 Å². The van der Waals surface area contributed by atoms with Crippen LogP contribution in [0.2, 0.25) is 0 Å². The van der Waals surface area contributed by atoms with Gasteiger partial charge in [-0.15, -0.1) is 0 Å². The summed E-state index contributed by atoms with van der Waals surface area (Å²) in [4.78, 5) is 10.4. The Morgan fingerprint density at radius 2 is 2.44 bits per heavy atom. The van der Waals surface area contributed by atoms with Crippen molar-refractivity contribution in [1.29, 1.82) is 0 Å². The number of carbonyl (C=O) groups is 1. The summed E-state index contributed by atoms with van der Waals surface area (Å²) in [6.45, 7) is 1.32. The molecule has 0 aliphatic rings. The normalized spacial score (nSPS) is 10.0. The molecule has 1 N–H and O–H groups in total. The first-order chi connectivity index (χ1) is 4.31. The van der Waals surface area contributed by atoms with Crippen molar-refractivity contribution in [1.82, 2.24) is 5.32 Å². The number of alkyl halides is 1. The molecule has 1 amide bonds. The van der Waals surface area contributed by atoms with Gasteiger partial charge in [0.25, 0.3) is 0 Å². The molecule has 0 aliphatic carbocycles. The van der Waals surface area contributed by atoms with Gasteiger partial charge in [-0.3, -0.25) is 4.79 Å². The molecule has 0 aromatic rings. The van der Waals surface area contributed by atoms with E-state index in [1.165, 1.54) is 6.08 Å². The van der Waals surface area contributed by atoms with Crippen molar-refractivity contribution in [3.05, 3.63) is 12.2 Å². The minimum Gasteiger partial charge on any atom is -0.350 e. The molecule has 0 fully saturated rings. The Morgan fingerprint density at radius 1 is 1.78 bits per heavy atom. The van der Waals surface area contributed by atoms with E-state index in [0.29, 0.717) is 0 Å². The van der Waals surface area contributed by atoms with Crippen molar-refractivity contribution in [2.75, 3.05) is 13.2 Å². The number of carbonyl (C=O) groups excluding carboxylic acids is 1. The molecule has 0 saturated heterocycles. The summed E-state index contributed by atoms with van der Waals surface area (Å²) >= 11 is 0. The molecule has 3 heteroatoms. The molecule has 52 valence electrons. The van der Waals surface area contributed by atoms with Gasteiger partial charge >= 0.3 is 0 Å². The number of hydrogen-bond acceptors (Lipinski definition) is 1. The molecule has 0 unspecified atom stereocenters. The lowest BCUT2D eigenvalue weighted by molar-refractivity contribution is -0.116. The zero-order valence-electron chi connectivity index (χ0n) is 5.36. The average Bonchev–Trinajstić information content (AvgIpc) is 1.85. The molecular weight excluding hydrogens is 121 g/mol. The Bertz CT molecular complexity index is 112. The Balaban J connectivity index is 3.27. The van der Waals surface area contributed by atoms with Gasteiger partial charge in [0.2, 0.25) is 5.91 Å². The third-order valence-electron chi connectivity index (χ3n) is 0.712. The lowest BCUT2D eigenvalue weighted by Crippen LogP contribution is -2.22. The van der Waals surface area contributed by atoms with E-state index in [-0.39, 0.29) is 12.5 Å². The molecular formula is C6H10FNO. The highest BCUT2D eigenvalue weighted by Crippen LogP contribution is 1.71. The van der Waals surface area contributed by atoms with Gasteiger partial charge in [0.05, 0.1) is 0 Å². The predicted octanol–water partition coefficient (Wildman–Crippen LogP) is 0.648. The summed E-state index contributed by atoms with van der Waals surface area (Å²) in [6, 6.07) is 0. The van der Waals surface area contributed by atoms with Crippen LogP contribution in [0.4, 0.5) is 4.39 Å². The molecule has 0 aromatic heterocycles. The summed E-state index contributed by atoms with van der Waals surface area (Å²) in [6.07, 6.45) is 2.96. The standard InChI is InChI=1S/C6H10FNO/c1-2-3-6(9)8-5-4-7/h2-3H,4-5H2,1H3,(H,8,9)/b3-2+. The molecule has 0 heterocycles. The van der Waals surface area contributed by atoms with E-state index in [4.69, 9.17) is 0 Å². The number of allylic oxidation sites excluding steroid dienone is 1. The SMILES string of the molecule is C/C=C/C(=O)NCCF. The minimum atomic E-state index is -0.511. The Kier molecular flexibility index (Phi) is 4.78. The Morgan fingerprint density at radius 3 is 2.89 bits per heavy atom. The van der Waals surface area contributed by atoms with Crippen LogP contribution in [-0.4, -0.2) is 19.1 Å². The molecule has 0 bridgehead atoms. The van der Waals surface area contributed by atoms with Gasteiger partial charge in [-0.2, -0.15) is 0 Å². The van der Waals surface area contributed by atoms with E-state index >= 15 is 0 Å². The van der Waals surface area contributed by atoms with Crippen molar-refractivity contribution in [3.63, 3.8) is 0 Å². The summed E-state index contributed by atoms with van der Waals surface area (Å²) in [7, 11) is 0. The number of rotatable bonds is 3. The van der Waals surface area contributed by atoms with Gasteiger partial charge in [-0.1, -0.05) is 6.08 Å². The highest BCUT2D eigenvalue weighted by Gasteiger charge is 1.89. The number of hydrogen-bond donors (Lipinski definition) is 1. The third kappa shape index (κ3) is 5.00. The van der Waals surface area contributed by atoms with E-state index in [9.17, 15) is 9.18 Å². The fourth-order valence-electron chi connectivity index (χ4n) is 0.381. The maximum absolute atomic E-state index is 11.4. The van der Waals surface area contributed by atoms with E-state index in [2.05, 4.69) is 5.32 Å². The first-order valence-corrected chi connectivity index (χ1v) is 2.77. The smallest absolute Gasteiger partial charge is 0.243 e.